The molecule has 0 saturated carbocycles. The van der Waals surface area contributed by atoms with E-state index in [1.807, 2.05) is 6.26 Å². The van der Waals surface area contributed by atoms with Gasteiger partial charge in [-0.05, 0) is 42.4 Å². The summed E-state index contributed by atoms with van der Waals surface area (Å²) < 4.78 is 15.2. The summed E-state index contributed by atoms with van der Waals surface area (Å²) in [5, 5.41) is 12.3. The molecule has 1 aromatic heterocycles. The average Bonchev–Trinajstić information content (AvgIpc) is 2.98. The Morgan fingerprint density at radius 1 is 1.38 bits per heavy atom. The highest BCUT2D eigenvalue weighted by Crippen LogP contribution is 2.16. The number of benzene rings is 1. The minimum absolute atomic E-state index is 0.192. The number of aromatic nitrogens is 3. The van der Waals surface area contributed by atoms with E-state index in [9.17, 15) is 9.18 Å². The van der Waals surface area contributed by atoms with Crippen molar-refractivity contribution in [3.8, 4) is 0 Å². The monoisotopic (exact) mass is 376 g/mol. The van der Waals surface area contributed by atoms with Crippen LogP contribution in [0.1, 0.15) is 31.7 Å². The van der Waals surface area contributed by atoms with Crippen LogP contribution in [0.5, 0.6) is 0 Å². The first-order valence-corrected chi connectivity index (χ1v) is 9.89. The van der Waals surface area contributed by atoms with Gasteiger partial charge in [-0.2, -0.15) is 0 Å². The number of carbonyl (C=O) groups is 1. The highest BCUT2D eigenvalue weighted by atomic mass is 32.2. The molecule has 0 unspecified atom stereocenters. The molecule has 1 amide bonds. The first-order valence-electron chi connectivity index (χ1n) is 8.67. The summed E-state index contributed by atoms with van der Waals surface area (Å²) in [6, 6.07) is 6.12. The number of aryl methyl sites for hydroxylation is 1. The maximum Gasteiger partial charge on any atom is 0.243 e. The van der Waals surface area contributed by atoms with Crippen LogP contribution in [0.3, 0.4) is 0 Å². The highest BCUT2D eigenvalue weighted by Gasteiger charge is 2.12. The van der Waals surface area contributed by atoms with E-state index in [-0.39, 0.29) is 11.7 Å². The molecule has 140 valence electrons. The van der Waals surface area contributed by atoms with E-state index < -0.39 is 0 Å². The van der Waals surface area contributed by atoms with Gasteiger partial charge in [0.2, 0.25) is 5.91 Å². The maximum absolute atomic E-state index is 13.1. The van der Waals surface area contributed by atoms with E-state index in [1.54, 1.807) is 30.0 Å². The van der Waals surface area contributed by atoms with Crippen molar-refractivity contribution in [2.75, 3.05) is 12.8 Å². The van der Waals surface area contributed by atoms with E-state index in [2.05, 4.69) is 33.9 Å². The van der Waals surface area contributed by atoms with Crippen LogP contribution in [0.2, 0.25) is 0 Å². The number of hydrogen-bond donors (Lipinski definition) is 1. The van der Waals surface area contributed by atoms with Crippen LogP contribution in [0.25, 0.3) is 6.08 Å². The molecular formula is C19H25FN4OS. The van der Waals surface area contributed by atoms with Crippen molar-refractivity contribution in [1.29, 1.82) is 0 Å². The van der Waals surface area contributed by atoms with E-state index in [0.29, 0.717) is 18.0 Å². The highest BCUT2D eigenvalue weighted by molar-refractivity contribution is 7.98. The van der Waals surface area contributed by atoms with Crippen LogP contribution < -0.4 is 5.32 Å². The minimum atomic E-state index is -0.317. The molecule has 1 heterocycles. The molecule has 1 N–H and O–H groups in total. The molecule has 0 aliphatic heterocycles. The Hall–Kier alpha value is -2.15. The Balaban J connectivity index is 1.80. The number of hydrogen-bond acceptors (Lipinski definition) is 4. The van der Waals surface area contributed by atoms with Gasteiger partial charge in [0.25, 0.3) is 0 Å². The van der Waals surface area contributed by atoms with E-state index in [1.165, 1.54) is 18.2 Å². The smallest absolute Gasteiger partial charge is 0.243 e. The zero-order chi connectivity index (χ0) is 18.9. The van der Waals surface area contributed by atoms with Crippen LogP contribution >= 0.6 is 11.8 Å². The third-order valence-electron chi connectivity index (χ3n) is 3.68. The predicted molar refractivity (Wildman–Crippen MR) is 103 cm³/mol. The summed E-state index contributed by atoms with van der Waals surface area (Å²) in [7, 11) is 0. The maximum atomic E-state index is 13.1. The number of nitrogens with one attached hydrogen (secondary N) is 1. The molecule has 0 aliphatic carbocycles. The van der Waals surface area contributed by atoms with Gasteiger partial charge in [-0.3, -0.25) is 4.79 Å². The summed E-state index contributed by atoms with van der Waals surface area (Å²) in [6.07, 6.45) is 6.55. The Bertz CT molecular complexity index is 758. The lowest BCUT2D eigenvalue weighted by Gasteiger charge is -2.11. The molecule has 0 spiro atoms. The molecule has 0 saturated heterocycles. The summed E-state index contributed by atoms with van der Waals surface area (Å²) in [5.41, 5.74) is 0.659. The minimum Gasteiger partial charge on any atom is -0.353 e. The van der Waals surface area contributed by atoms with Gasteiger partial charge in [0, 0.05) is 25.6 Å². The zero-order valence-corrected chi connectivity index (χ0v) is 16.2. The van der Waals surface area contributed by atoms with Crippen LogP contribution in [0.15, 0.2) is 35.5 Å². The van der Waals surface area contributed by atoms with Gasteiger partial charge in [0.05, 0.1) is 0 Å². The lowest BCUT2D eigenvalue weighted by Crippen LogP contribution is -2.23. The van der Waals surface area contributed by atoms with Crippen molar-refractivity contribution >= 4 is 23.7 Å². The molecule has 1 aromatic carbocycles. The third kappa shape index (κ3) is 6.29. The number of carbonyl (C=O) groups excluding carboxylic acids is 1. The summed E-state index contributed by atoms with van der Waals surface area (Å²) in [6.45, 7) is 5.77. The lowest BCUT2D eigenvalue weighted by atomic mass is 10.2. The summed E-state index contributed by atoms with van der Waals surface area (Å²) in [5.74, 6) is 0.960. The SMILES string of the molecule is CSc1nnc(CCCNC(=O)/C=C/c2cccc(F)c2)n1CC(C)C. The Morgan fingerprint density at radius 3 is 2.88 bits per heavy atom. The number of amides is 1. The third-order valence-corrected chi connectivity index (χ3v) is 4.34. The molecule has 0 fully saturated rings. The van der Waals surface area contributed by atoms with Crippen LogP contribution in [0.4, 0.5) is 4.39 Å². The molecule has 26 heavy (non-hydrogen) atoms. The van der Waals surface area contributed by atoms with E-state index >= 15 is 0 Å². The van der Waals surface area contributed by atoms with Crippen molar-refractivity contribution in [2.24, 2.45) is 5.92 Å². The molecule has 0 atom stereocenters. The van der Waals surface area contributed by atoms with Gasteiger partial charge in [0.15, 0.2) is 5.16 Å². The number of halogens is 1. The second-order valence-electron chi connectivity index (χ2n) is 6.39. The average molecular weight is 377 g/mol. The quantitative estimate of drug-likeness (QED) is 0.413. The largest absolute Gasteiger partial charge is 0.353 e. The van der Waals surface area contributed by atoms with Crippen molar-refractivity contribution in [2.45, 2.75) is 38.4 Å². The number of nitrogens with zero attached hydrogens (tertiary/aromatic N) is 3. The molecular weight excluding hydrogens is 351 g/mol. The lowest BCUT2D eigenvalue weighted by molar-refractivity contribution is -0.116. The second-order valence-corrected chi connectivity index (χ2v) is 7.16. The molecule has 0 aliphatic rings. The Kier molecular flexibility index (Phi) is 7.84. The van der Waals surface area contributed by atoms with E-state index in [0.717, 1.165) is 30.4 Å². The van der Waals surface area contributed by atoms with Crippen LogP contribution in [0, 0.1) is 11.7 Å². The topological polar surface area (TPSA) is 59.8 Å². The van der Waals surface area contributed by atoms with Gasteiger partial charge in [-0.15, -0.1) is 10.2 Å². The molecule has 2 aromatic rings. The first-order chi connectivity index (χ1) is 12.5. The Morgan fingerprint density at radius 2 is 2.19 bits per heavy atom. The van der Waals surface area contributed by atoms with Crippen molar-refractivity contribution < 1.29 is 9.18 Å². The van der Waals surface area contributed by atoms with Gasteiger partial charge in [-0.25, -0.2) is 4.39 Å². The molecule has 2 rings (SSSR count). The van der Waals surface area contributed by atoms with Crippen LogP contribution in [-0.2, 0) is 17.8 Å². The van der Waals surface area contributed by atoms with Crippen molar-refractivity contribution in [1.82, 2.24) is 20.1 Å². The number of thioether (sulfide) groups is 1. The molecule has 0 radical (unpaired) electrons. The standard InChI is InChI=1S/C19H25FN4OS/c1-14(2)13-24-17(22-23-19(24)26-3)8-5-11-21-18(25)10-9-15-6-4-7-16(20)12-15/h4,6-7,9-10,12,14H,5,8,11,13H2,1-3H3,(H,21,25)/b10-9+. The van der Waals surface area contributed by atoms with Crippen molar-refractivity contribution in [3.63, 3.8) is 0 Å². The normalized spacial score (nSPS) is 11.4. The summed E-state index contributed by atoms with van der Waals surface area (Å²) >= 11 is 1.59. The fourth-order valence-corrected chi connectivity index (χ4v) is 3.03. The molecule has 7 heteroatoms. The predicted octanol–water partition coefficient (Wildman–Crippen LogP) is 3.56. The van der Waals surface area contributed by atoms with Gasteiger partial charge >= 0.3 is 0 Å². The molecule has 5 nitrogen and oxygen atoms in total. The van der Waals surface area contributed by atoms with Crippen LogP contribution in [-0.4, -0.2) is 33.5 Å². The van der Waals surface area contributed by atoms with Gasteiger partial charge < -0.3 is 9.88 Å². The van der Waals surface area contributed by atoms with Gasteiger partial charge in [0.1, 0.15) is 11.6 Å². The fourth-order valence-electron chi connectivity index (χ4n) is 2.50. The second kappa shape index (κ2) is 10.1. The Labute approximate surface area is 158 Å². The number of rotatable bonds is 9. The summed E-state index contributed by atoms with van der Waals surface area (Å²) in [4.78, 5) is 11.8. The fraction of sp³-hybridized carbons (Fsp3) is 0.421. The van der Waals surface area contributed by atoms with Crippen molar-refractivity contribution in [3.05, 3.63) is 47.5 Å². The van der Waals surface area contributed by atoms with Gasteiger partial charge in [-0.1, -0.05) is 37.7 Å². The van der Waals surface area contributed by atoms with E-state index in [4.69, 9.17) is 0 Å². The first kappa shape index (κ1) is 20.2. The zero-order valence-electron chi connectivity index (χ0n) is 15.4. The molecule has 0 bridgehead atoms.